The molecule has 5 nitrogen and oxygen atoms in total. The minimum absolute atomic E-state index is 0. The molecule has 1 aromatic heterocycles. The molecule has 0 aliphatic heterocycles. The zero-order chi connectivity index (χ0) is 22.4. The maximum Gasteiger partial charge on any atom is 0.231 e. The van der Waals surface area contributed by atoms with Crippen molar-refractivity contribution < 1.29 is 35.7 Å². The van der Waals surface area contributed by atoms with E-state index in [-0.39, 0.29) is 22.9 Å². The van der Waals surface area contributed by atoms with E-state index in [4.69, 9.17) is 9.15 Å². The van der Waals surface area contributed by atoms with E-state index in [0.29, 0.717) is 19.0 Å². The lowest BCUT2D eigenvalue weighted by atomic mass is 9.80. The third kappa shape index (κ3) is 6.25. The van der Waals surface area contributed by atoms with Gasteiger partial charge in [0, 0.05) is 12.3 Å². The quantitative estimate of drug-likeness (QED) is 0.332. The lowest BCUT2D eigenvalue weighted by molar-refractivity contribution is -0.904. The fourth-order valence-corrected chi connectivity index (χ4v) is 4.83. The van der Waals surface area contributed by atoms with Gasteiger partial charge >= 0.3 is 0 Å². The van der Waals surface area contributed by atoms with Gasteiger partial charge in [-0.15, -0.1) is 0 Å². The fraction of sp³-hybridized carbons (Fsp3) is 0.444. The van der Waals surface area contributed by atoms with Crippen LogP contribution in [-0.4, -0.2) is 41.8 Å². The van der Waals surface area contributed by atoms with Crippen LogP contribution in [-0.2, 0) is 12.1 Å². The van der Waals surface area contributed by atoms with Crippen LogP contribution >= 0.6 is 0 Å². The van der Waals surface area contributed by atoms with Gasteiger partial charge in [0.2, 0.25) is 5.89 Å². The number of ether oxygens (including phenoxy) is 1. The Morgan fingerprint density at radius 1 is 1.03 bits per heavy atom. The summed E-state index contributed by atoms with van der Waals surface area (Å²) in [6, 6.07) is 19.8. The minimum atomic E-state index is -1.17. The molecule has 178 valence electrons. The summed E-state index contributed by atoms with van der Waals surface area (Å²) in [6.45, 7) is 2.35. The zero-order valence-corrected chi connectivity index (χ0v) is 21.2. The van der Waals surface area contributed by atoms with Gasteiger partial charge in [-0.1, -0.05) is 61.4 Å². The molecular weight excluding hydrogens is 480 g/mol. The van der Waals surface area contributed by atoms with Gasteiger partial charge in [-0.25, -0.2) is 4.98 Å². The summed E-state index contributed by atoms with van der Waals surface area (Å²) in [7, 11) is 4.37. The number of halogens is 1. The number of quaternary nitrogens is 1. The fourth-order valence-electron chi connectivity index (χ4n) is 4.83. The average molecular weight is 515 g/mol. The molecule has 1 aliphatic rings. The van der Waals surface area contributed by atoms with Crippen molar-refractivity contribution in [2.45, 2.75) is 44.2 Å². The maximum absolute atomic E-state index is 11.9. The molecule has 1 heterocycles. The van der Waals surface area contributed by atoms with Crippen LogP contribution in [0.2, 0.25) is 0 Å². The largest absolute Gasteiger partial charge is 1.00 e. The van der Waals surface area contributed by atoms with Crippen molar-refractivity contribution in [3.8, 4) is 5.75 Å². The average Bonchev–Trinajstić information content (AvgIpc) is 3.50. The second kappa shape index (κ2) is 11.3. The molecule has 1 atom stereocenters. The first-order valence-electron chi connectivity index (χ1n) is 11.7. The van der Waals surface area contributed by atoms with Crippen molar-refractivity contribution >= 4 is 0 Å². The number of nitrogens with zero attached hydrogens (tertiary/aromatic N) is 2. The molecule has 0 amide bonds. The van der Waals surface area contributed by atoms with Crippen LogP contribution in [0.15, 0.2) is 71.3 Å². The highest BCUT2D eigenvalue weighted by Gasteiger charge is 2.45. The van der Waals surface area contributed by atoms with E-state index in [1.54, 1.807) is 6.20 Å². The lowest BCUT2D eigenvalue weighted by Gasteiger charge is -2.32. The Morgan fingerprint density at radius 3 is 2.33 bits per heavy atom. The molecule has 4 rings (SSSR count). The molecule has 3 aromatic rings. The highest BCUT2D eigenvalue weighted by atomic mass is 79.9. The molecule has 0 spiro atoms. The van der Waals surface area contributed by atoms with E-state index >= 15 is 0 Å². The minimum Gasteiger partial charge on any atom is -1.00 e. The van der Waals surface area contributed by atoms with Gasteiger partial charge in [0.05, 0.1) is 33.4 Å². The molecule has 1 fully saturated rings. The predicted octanol–water partition coefficient (Wildman–Crippen LogP) is 2.15. The van der Waals surface area contributed by atoms with E-state index in [9.17, 15) is 5.11 Å². The van der Waals surface area contributed by atoms with Gasteiger partial charge in [-0.2, -0.15) is 0 Å². The smallest absolute Gasteiger partial charge is 0.231 e. The van der Waals surface area contributed by atoms with Gasteiger partial charge < -0.3 is 35.7 Å². The third-order valence-electron chi connectivity index (χ3n) is 6.54. The number of hydrogen-bond acceptors (Lipinski definition) is 4. The Labute approximate surface area is 207 Å². The van der Waals surface area contributed by atoms with Gasteiger partial charge in [-0.05, 0) is 30.5 Å². The highest BCUT2D eigenvalue weighted by Crippen LogP contribution is 2.44. The molecule has 6 heteroatoms. The molecule has 33 heavy (non-hydrogen) atoms. The van der Waals surface area contributed by atoms with E-state index in [1.165, 1.54) is 0 Å². The number of benzene rings is 2. The summed E-state index contributed by atoms with van der Waals surface area (Å²) in [6.07, 6.45) is 7.00. The highest BCUT2D eigenvalue weighted by molar-refractivity contribution is 5.30. The molecule has 1 aliphatic carbocycles. The van der Waals surface area contributed by atoms with Crippen molar-refractivity contribution in [3.05, 3.63) is 84.1 Å². The van der Waals surface area contributed by atoms with Gasteiger partial charge in [0.15, 0.2) is 11.4 Å². The Morgan fingerprint density at radius 2 is 1.67 bits per heavy atom. The van der Waals surface area contributed by atoms with E-state index in [2.05, 4.69) is 19.1 Å². The Hall–Kier alpha value is -2.15. The summed E-state index contributed by atoms with van der Waals surface area (Å²) in [5.74, 6) is 2.28. The number of aromatic nitrogens is 1. The number of rotatable bonds is 10. The van der Waals surface area contributed by atoms with Crippen LogP contribution in [0.3, 0.4) is 0 Å². The molecule has 0 bridgehead atoms. The number of hydrogen-bond donors (Lipinski definition) is 1. The predicted molar refractivity (Wildman–Crippen MR) is 125 cm³/mol. The first-order valence-corrected chi connectivity index (χ1v) is 11.7. The van der Waals surface area contributed by atoms with Crippen LogP contribution in [0.4, 0.5) is 0 Å². The molecule has 2 aromatic carbocycles. The van der Waals surface area contributed by atoms with Crippen LogP contribution in [0.25, 0.3) is 0 Å². The van der Waals surface area contributed by atoms with Crippen LogP contribution < -0.4 is 21.7 Å². The Balaban J connectivity index is 0.00000306. The monoisotopic (exact) mass is 514 g/mol. The van der Waals surface area contributed by atoms with Crippen molar-refractivity contribution in [1.29, 1.82) is 0 Å². The SMILES string of the molecule is C[N+](C)(CCCOc1ccccc1)Cc1cnc([C@](O)(c2ccccc2)C2CCCC2)o1.[Br-]. The van der Waals surface area contributed by atoms with Gasteiger partial charge in [0.1, 0.15) is 12.3 Å². The summed E-state index contributed by atoms with van der Waals surface area (Å²) < 4.78 is 12.8. The maximum atomic E-state index is 11.9. The standard InChI is InChI=1S/C27H35N2O3.BrH/c1-29(2,18-11-19-31-24-16-7-4-8-17-24)21-25-20-28-26(32-25)27(30,23-14-9-10-15-23)22-12-5-3-6-13-22;/h3-8,12-13,16-17,20,23,30H,9-11,14-15,18-19,21H2,1-2H3;1H/q+1;/p-1/t27-;/m0./s1. The zero-order valence-electron chi connectivity index (χ0n) is 19.6. The summed E-state index contributed by atoms with van der Waals surface area (Å²) in [4.78, 5) is 4.58. The lowest BCUT2D eigenvalue weighted by Crippen LogP contribution is -3.00. The Kier molecular flexibility index (Phi) is 8.74. The molecule has 0 radical (unpaired) electrons. The van der Waals surface area contributed by atoms with Crippen LogP contribution in [0.5, 0.6) is 5.75 Å². The van der Waals surface area contributed by atoms with Crippen LogP contribution in [0, 0.1) is 5.92 Å². The first kappa shape index (κ1) is 25.5. The number of aliphatic hydroxyl groups is 1. The summed E-state index contributed by atoms with van der Waals surface area (Å²) >= 11 is 0. The van der Waals surface area contributed by atoms with Crippen molar-refractivity contribution in [2.75, 3.05) is 27.2 Å². The van der Waals surface area contributed by atoms with E-state index < -0.39 is 5.60 Å². The molecule has 1 N–H and O–H groups in total. The normalized spacial score (nSPS) is 16.2. The van der Waals surface area contributed by atoms with E-state index in [1.807, 2.05) is 60.7 Å². The number of oxazole rings is 1. The van der Waals surface area contributed by atoms with Gasteiger partial charge in [0.25, 0.3) is 0 Å². The van der Waals surface area contributed by atoms with Crippen LogP contribution in [0.1, 0.15) is 49.3 Å². The second-order valence-electron chi connectivity index (χ2n) is 9.58. The van der Waals surface area contributed by atoms with Crippen molar-refractivity contribution in [1.82, 2.24) is 4.98 Å². The topological polar surface area (TPSA) is 55.5 Å². The molecule has 0 saturated heterocycles. The van der Waals surface area contributed by atoms with Crippen molar-refractivity contribution in [3.63, 3.8) is 0 Å². The second-order valence-corrected chi connectivity index (χ2v) is 9.58. The summed E-state index contributed by atoms with van der Waals surface area (Å²) in [5.41, 5.74) is -0.302. The van der Waals surface area contributed by atoms with Crippen molar-refractivity contribution in [2.24, 2.45) is 5.92 Å². The molecular formula is C27H35BrN2O3. The number of para-hydroxylation sites is 1. The molecule has 1 saturated carbocycles. The Bertz CT molecular complexity index is 971. The van der Waals surface area contributed by atoms with Gasteiger partial charge in [-0.3, -0.25) is 0 Å². The first-order chi connectivity index (χ1) is 15.5. The molecule has 0 unspecified atom stereocenters. The summed E-state index contributed by atoms with van der Waals surface area (Å²) in [5, 5.41) is 11.9. The van der Waals surface area contributed by atoms with E-state index in [0.717, 1.165) is 60.2 Å². The third-order valence-corrected chi connectivity index (χ3v) is 6.54.